The summed E-state index contributed by atoms with van der Waals surface area (Å²) in [6, 6.07) is 0. The first-order chi connectivity index (χ1) is 7.49. The molecule has 2 heteroatoms. The Balaban J connectivity index is 2.06. The molecule has 0 bridgehead atoms. The molecule has 1 fully saturated rings. The van der Waals surface area contributed by atoms with Crippen LogP contribution in [0.5, 0.6) is 0 Å². The minimum atomic E-state index is 0.357. The largest absolute Gasteiger partial charge is 0.342 e. The summed E-state index contributed by atoms with van der Waals surface area (Å²) in [4.78, 5) is 13.7. The normalized spacial score (nSPS) is 17.0. The van der Waals surface area contributed by atoms with E-state index in [2.05, 4.69) is 27.7 Å². The topological polar surface area (TPSA) is 20.3 Å². The lowest BCUT2D eigenvalue weighted by atomic mass is 9.91. The zero-order valence-electron chi connectivity index (χ0n) is 11.3. The number of likely N-dealkylation sites (tertiary alicyclic amines) is 1. The summed E-state index contributed by atoms with van der Waals surface area (Å²) in [5.74, 6) is 2.45. The highest BCUT2D eigenvalue weighted by atomic mass is 16.2. The standard InChI is InChI=1S/C14H27NO/c1-11(2)6-5-7-13-9-15(10-13)14(16)8-12(3)4/h11-13H,5-10H2,1-4H3. The summed E-state index contributed by atoms with van der Waals surface area (Å²) in [7, 11) is 0. The number of amides is 1. The lowest BCUT2D eigenvalue weighted by Gasteiger charge is -2.40. The van der Waals surface area contributed by atoms with Gasteiger partial charge in [0.15, 0.2) is 0 Å². The van der Waals surface area contributed by atoms with Crippen LogP contribution in [0.15, 0.2) is 0 Å². The molecule has 0 radical (unpaired) electrons. The molecule has 1 aliphatic rings. The van der Waals surface area contributed by atoms with Gasteiger partial charge in [0.1, 0.15) is 0 Å². The number of rotatable bonds is 6. The monoisotopic (exact) mass is 225 g/mol. The Morgan fingerprint density at radius 2 is 1.81 bits per heavy atom. The van der Waals surface area contributed by atoms with Crippen molar-refractivity contribution in [2.24, 2.45) is 17.8 Å². The third-order valence-corrected chi connectivity index (χ3v) is 3.29. The van der Waals surface area contributed by atoms with E-state index in [1.165, 1.54) is 19.3 Å². The Bertz CT molecular complexity index is 217. The van der Waals surface area contributed by atoms with Gasteiger partial charge in [-0.3, -0.25) is 4.79 Å². The average Bonchev–Trinajstić information content (AvgIpc) is 2.06. The zero-order chi connectivity index (χ0) is 12.1. The molecule has 0 aromatic rings. The van der Waals surface area contributed by atoms with Gasteiger partial charge in [-0.1, -0.05) is 40.5 Å². The molecule has 2 nitrogen and oxygen atoms in total. The van der Waals surface area contributed by atoms with Crippen molar-refractivity contribution in [2.75, 3.05) is 13.1 Å². The molecule has 16 heavy (non-hydrogen) atoms. The summed E-state index contributed by atoms with van der Waals surface area (Å²) in [5, 5.41) is 0. The number of nitrogens with zero attached hydrogens (tertiary/aromatic N) is 1. The van der Waals surface area contributed by atoms with Crippen LogP contribution in [-0.4, -0.2) is 23.9 Å². The summed E-state index contributed by atoms with van der Waals surface area (Å²) in [6.45, 7) is 10.8. The Labute approximate surface area is 100 Å². The van der Waals surface area contributed by atoms with Crippen LogP contribution in [-0.2, 0) is 4.79 Å². The van der Waals surface area contributed by atoms with Crippen molar-refractivity contribution in [3.8, 4) is 0 Å². The number of carbonyl (C=O) groups is 1. The molecule has 1 heterocycles. The van der Waals surface area contributed by atoms with Gasteiger partial charge in [0.05, 0.1) is 0 Å². The van der Waals surface area contributed by atoms with Gasteiger partial charge >= 0.3 is 0 Å². The van der Waals surface area contributed by atoms with Gasteiger partial charge in [-0.15, -0.1) is 0 Å². The van der Waals surface area contributed by atoms with Gasteiger partial charge in [0.25, 0.3) is 0 Å². The maximum Gasteiger partial charge on any atom is 0.222 e. The summed E-state index contributed by atoms with van der Waals surface area (Å²) in [6.07, 6.45) is 4.69. The number of carbonyl (C=O) groups excluding carboxylic acids is 1. The van der Waals surface area contributed by atoms with E-state index in [4.69, 9.17) is 0 Å². The van der Waals surface area contributed by atoms with Crippen molar-refractivity contribution in [2.45, 2.75) is 53.4 Å². The Hall–Kier alpha value is -0.530. The van der Waals surface area contributed by atoms with Crippen molar-refractivity contribution < 1.29 is 4.79 Å². The van der Waals surface area contributed by atoms with Crippen molar-refractivity contribution in [3.05, 3.63) is 0 Å². The maximum atomic E-state index is 11.7. The predicted molar refractivity (Wildman–Crippen MR) is 68.2 cm³/mol. The molecule has 1 aliphatic heterocycles. The molecule has 0 aromatic carbocycles. The van der Waals surface area contributed by atoms with Crippen LogP contribution in [0, 0.1) is 17.8 Å². The summed E-state index contributed by atoms with van der Waals surface area (Å²) in [5.41, 5.74) is 0. The zero-order valence-corrected chi connectivity index (χ0v) is 11.3. The lowest BCUT2D eigenvalue weighted by Crippen LogP contribution is -2.50. The molecule has 0 aromatic heterocycles. The minimum absolute atomic E-state index is 0.357. The van der Waals surface area contributed by atoms with Crippen molar-refractivity contribution in [1.82, 2.24) is 4.90 Å². The second kappa shape index (κ2) is 6.27. The second-order valence-electron chi connectivity index (χ2n) is 6.09. The first-order valence-corrected chi connectivity index (χ1v) is 6.76. The third-order valence-electron chi connectivity index (χ3n) is 3.29. The van der Waals surface area contributed by atoms with Gasteiger partial charge in [-0.2, -0.15) is 0 Å². The fourth-order valence-electron chi connectivity index (χ4n) is 2.25. The first-order valence-electron chi connectivity index (χ1n) is 6.76. The van der Waals surface area contributed by atoms with Crippen LogP contribution in [0.25, 0.3) is 0 Å². The van der Waals surface area contributed by atoms with Crippen molar-refractivity contribution in [3.63, 3.8) is 0 Å². The van der Waals surface area contributed by atoms with Crippen LogP contribution in [0.3, 0.4) is 0 Å². The smallest absolute Gasteiger partial charge is 0.222 e. The molecule has 94 valence electrons. The van der Waals surface area contributed by atoms with E-state index in [0.29, 0.717) is 11.8 Å². The summed E-state index contributed by atoms with van der Waals surface area (Å²) >= 11 is 0. The molecular formula is C14H27NO. The highest BCUT2D eigenvalue weighted by molar-refractivity contribution is 5.77. The molecule has 1 rings (SSSR count). The lowest BCUT2D eigenvalue weighted by molar-refractivity contribution is -0.138. The van der Waals surface area contributed by atoms with Crippen LogP contribution < -0.4 is 0 Å². The molecule has 0 saturated carbocycles. The first kappa shape index (κ1) is 13.5. The average molecular weight is 225 g/mol. The SMILES string of the molecule is CC(C)CCCC1CN(C(=O)CC(C)C)C1. The van der Waals surface area contributed by atoms with E-state index >= 15 is 0 Å². The highest BCUT2D eigenvalue weighted by Gasteiger charge is 2.29. The van der Waals surface area contributed by atoms with Gasteiger partial charge in [0.2, 0.25) is 5.91 Å². The Morgan fingerprint density at radius 3 is 2.31 bits per heavy atom. The van der Waals surface area contributed by atoms with Gasteiger partial charge in [0, 0.05) is 19.5 Å². The molecule has 0 spiro atoms. The van der Waals surface area contributed by atoms with Gasteiger partial charge in [-0.25, -0.2) is 0 Å². The fraction of sp³-hybridized carbons (Fsp3) is 0.929. The van der Waals surface area contributed by atoms with E-state index in [1.54, 1.807) is 0 Å². The van der Waals surface area contributed by atoms with Crippen LogP contribution in [0.2, 0.25) is 0 Å². The van der Waals surface area contributed by atoms with E-state index in [0.717, 1.165) is 31.3 Å². The van der Waals surface area contributed by atoms with Crippen molar-refractivity contribution >= 4 is 5.91 Å². The number of hydrogen-bond donors (Lipinski definition) is 0. The molecule has 1 amide bonds. The van der Waals surface area contributed by atoms with Crippen LogP contribution in [0.4, 0.5) is 0 Å². The van der Waals surface area contributed by atoms with E-state index in [-0.39, 0.29) is 0 Å². The number of hydrogen-bond acceptors (Lipinski definition) is 1. The van der Waals surface area contributed by atoms with Crippen LogP contribution in [0.1, 0.15) is 53.4 Å². The molecule has 0 aliphatic carbocycles. The third kappa shape index (κ3) is 4.54. The Kier molecular flexibility index (Phi) is 5.30. The van der Waals surface area contributed by atoms with E-state index in [1.807, 2.05) is 4.90 Å². The second-order valence-corrected chi connectivity index (χ2v) is 6.09. The van der Waals surface area contributed by atoms with Gasteiger partial charge < -0.3 is 4.90 Å². The summed E-state index contributed by atoms with van der Waals surface area (Å²) < 4.78 is 0. The molecule has 1 saturated heterocycles. The van der Waals surface area contributed by atoms with Crippen LogP contribution >= 0.6 is 0 Å². The molecule has 0 N–H and O–H groups in total. The minimum Gasteiger partial charge on any atom is -0.342 e. The molecular weight excluding hydrogens is 198 g/mol. The quantitative estimate of drug-likeness (QED) is 0.679. The predicted octanol–water partition coefficient (Wildman–Crippen LogP) is 3.32. The Morgan fingerprint density at radius 1 is 1.19 bits per heavy atom. The van der Waals surface area contributed by atoms with Crippen molar-refractivity contribution in [1.29, 1.82) is 0 Å². The molecule has 0 unspecified atom stereocenters. The highest BCUT2D eigenvalue weighted by Crippen LogP contribution is 2.23. The van der Waals surface area contributed by atoms with E-state index < -0.39 is 0 Å². The van der Waals surface area contributed by atoms with E-state index in [9.17, 15) is 4.79 Å². The fourth-order valence-corrected chi connectivity index (χ4v) is 2.25. The maximum absolute atomic E-state index is 11.7. The van der Waals surface area contributed by atoms with Gasteiger partial charge in [-0.05, 0) is 24.2 Å². The molecule has 0 atom stereocenters.